The summed E-state index contributed by atoms with van der Waals surface area (Å²) < 4.78 is 0. The molecule has 1 aromatic rings. The topological polar surface area (TPSA) is 12.9 Å². The van der Waals surface area contributed by atoms with Gasteiger partial charge in [0.15, 0.2) is 0 Å². The fraction of sp³-hybridized carbons (Fsp3) is 0.222. The molecule has 0 aliphatic heterocycles. The van der Waals surface area contributed by atoms with Crippen molar-refractivity contribution in [3.8, 4) is 0 Å². The van der Waals surface area contributed by atoms with Crippen LogP contribution >= 0.6 is 0 Å². The van der Waals surface area contributed by atoms with Gasteiger partial charge in [-0.05, 0) is 24.0 Å². The van der Waals surface area contributed by atoms with Gasteiger partial charge in [-0.25, -0.2) is 0 Å². The SMILES string of the molecule is [c]1cncc2c1C=CCC2. The summed E-state index contributed by atoms with van der Waals surface area (Å²) in [4.78, 5) is 4.01. The van der Waals surface area contributed by atoms with E-state index in [4.69, 9.17) is 0 Å². The maximum absolute atomic E-state index is 4.01. The second kappa shape index (κ2) is 2.25. The van der Waals surface area contributed by atoms with E-state index in [9.17, 15) is 0 Å². The first-order chi connectivity index (χ1) is 4.97. The van der Waals surface area contributed by atoms with Gasteiger partial charge in [-0.2, -0.15) is 0 Å². The smallest absolute Gasteiger partial charge is 0.0353 e. The molecule has 0 unspecified atom stereocenters. The van der Waals surface area contributed by atoms with Crippen LogP contribution in [0.4, 0.5) is 0 Å². The fourth-order valence-electron chi connectivity index (χ4n) is 1.19. The Morgan fingerprint density at radius 3 is 3.40 bits per heavy atom. The largest absolute Gasteiger partial charge is 0.264 e. The third-order valence-corrected chi connectivity index (χ3v) is 1.74. The predicted octanol–water partition coefficient (Wildman–Crippen LogP) is 1.84. The summed E-state index contributed by atoms with van der Waals surface area (Å²) in [5.74, 6) is 0. The molecule has 0 saturated carbocycles. The van der Waals surface area contributed by atoms with Crippen LogP contribution in [0.2, 0.25) is 0 Å². The van der Waals surface area contributed by atoms with Crippen molar-refractivity contribution < 1.29 is 0 Å². The number of pyridine rings is 1. The van der Waals surface area contributed by atoms with Gasteiger partial charge < -0.3 is 0 Å². The van der Waals surface area contributed by atoms with Gasteiger partial charge in [-0.15, -0.1) is 0 Å². The highest BCUT2D eigenvalue weighted by Gasteiger charge is 2.01. The Labute approximate surface area is 60.4 Å². The minimum Gasteiger partial charge on any atom is -0.264 e. The molecule has 0 bridgehead atoms. The van der Waals surface area contributed by atoms with Gasteiger partial charge in [0, 0.05) is 18.5 Å². The molecule has 1 heteroatoms. The van der Waals surface area contributed by atoms with Crippen molar-refractivity contribution in [2.24, 2.45) is 0 Å². The summed E-state index contributed by atoms with van der Waals surface area (Å²) in [6.07, 6.45) is 10.2. The van der Waals surface area contributed by atoms with E-state index >= 15 is 0 Å². The summed E-state index contributed by atoms with van der Waals surface area (Å²) in [5, 5.41) is 0. The normalized spacial score (nSPS) is 14.8. The molecular formula is C9H8N. The van der Waals surface area contributed by atoms with Crippen molar-refractivity contribution in [1.82, 2.24) is 4.98 Å². The lowest BCUT2D eigenvalue weighted by atomic mass is 10.0. The minimum absolute atomic E-state index is 1.12. The third kappa shape index (κ3) is 0.838. The zero-order chi connectivity index (χ0) is 6.81. The molecule has 0 aromatic carbocycles. The molecule has 0 amide bonds. The summed E-state index contributed by atoms with van der Waals surface area (Å²) >= 11 is 0. The molecule has 1 heterocycles. The van der Waals surface area contributed by atoms with Gasteiger partial charge >= 0.3 is 0 Å². The van der Waals surface area contributed by atoms with Gasteiger partial charge in [-0.3, -0.25) is 4.98 Å². The lowest BCUT2D eigenvalue weighted by Crippen LogP contribution is -1.93. The van der Waals surface area contributed by atoms with Crippen LogP contribution in [-0.4, -0.2) is 4.98 Å². The molecule has 0 spiro atoms. The van der Waals surface area contributed by atoms with Crippen molar-refractivity contribution in [2.75, 3.05) is 0 Å². The molecular weight excluding hydrogens is 122 g/mol. The first kappa shape index (κ1) is 5.66. The Hall–Kier alpha value is -1.11. The lowest BCUT2D eigenvalue weighted by Gasteiger charge is -2.06. The fourth-order valence-corrected chi connectivity index (χ4v) is 1.19. The highest BCUT2D eigenvalue weighted by Crippen LogP contribution is 2.15. The second-order valence-corrected chi connectivity index (χ2v) is 2.43. The van der Waals surface area contributed by atoms with Crippen molar-refractivity contribution in [3.63, 3.8) is 0 Å². The van der Waals surface area contributed by atoms with E-state index in [1.54, 1.807) is 6.20 Å². The molecule has 0 saturated heterocycles. The lowest BCUT2D eigenvalue weighted by molar-refractivity contribution is 0.970. The van der Waals surface area contributed by atoms with Gasteiger partial charge in [0.25, 0.3) is 0 Å². The average Bonchev–Trinajstić information content (AvgIpc) is 2.05. The molecule has 0 N–H and O–H groups in total. The number of allylic oxidation sites excluding steroid dienone is 1. The molecule has 1 aliphatic rings. The van der Waals surface area contributed by atoms with Crippen LogP contribution in [-0.2, 0) is 6.42 Å². The zero-order valence-electron chi connectivity index (χ0n) is 5.67. The summed E-state index contributed by atoms with van der Waals surface area (Å²) in [6.45, 7) is 0. The summed E-state index contributed by atoms with van der Waals surface area (Å²) in [5.41, 5.74) is 2.53. The predicted molar refractivity (Wildman–Crippen MR) is 40.4 cm³/mol. The number of hydrogen-bond donors (Lipinski definition) is 0. The summed E-state index contributed by atoms with van der Waals surface area (Å²) in [6, 6.07) is 3.09. The van der Waals surface area contributed by atoms with Crippen LogP contribution in [0.3, 0.4) is 0 Å². The molecule has 0 fully saturated rings. The zero-order valence-corrected chi connectivity index (χ0v) is 5.67. The average molecular weight is 130 g/mol. The number of nitrogens with zero attached hydrogens (tertiary/aromatic N) is 1. The first-order valence-electron chi connectivity index (χ1n) is 3.48. The van der Waals surface area contributed by atoms with Crippen LogP contribution in [0.1, 0.15) is 17.5 Å². The Kier molecular flexibility index (Phi) is 1.28. The van der Waals surface area contributed by atoms with Crippen molar-refractivity contribution in [2.45, 2.75) is 12.8 Å². The van der Waals surface area contributed by atoms with Crippen LogP contribution in [0.5, 0.6) is 0 Å². The number of rotatable bonds is 0. The highest BCUT2D eigenvalue weighted by atomic mass is 14.6. The van der Waals surface area contributed by atoms with Gasteiger partial charge in [0.05, 0.1) is 0 Å². The van der Waals surface area contributed by atoms with Gasteiger partial charge in [0.2, 0.25) is 0 Å². The Balaban J connectivity index is 2.54. The van der Waals surface area contributed by atoms with E-state index in [1.807, 2.05) is 6.20 Å². The van der Waals surface area contributed by atoms with Crippen molar-refractivity contribution in [1.29, 1.82) is 0 Å². The van der Waals surface area contributed by atoms with E-state index in [1.165, 1.54) is 11.1 Å². The molecule has 0 atom stereocenters. The number of hydrogen-bond acceptors (Lipinski definition) is 1. The third-order valence-electron chi connectivity index (χ3n) is 1.74. The van der Waals surface area contributed by atoms with E-state index < -0.39 is 0 Å². The highest BCUT2D eigenvalue weighted by molar-refractivity contribution is 5.54. The van der Waals surface area contributed by atoms with Crippen LogP contribution in [0.25, 0.3) is 6.08 Å². The molecule has 10 heavy (non-hydrogen) atoms. The number of fused-ring (bicyclic) bond motifs is 1. The Morgan fingerprint density at radius 2 is 2.50 bits per heavy atom. The van der Waals surface area contributed by atoms with Crippen LogP contribution < -0.4 is 0 Å². The van der Waals surface area contributed by atoms with E-state index in [2.05, 4.69) is 23.2 Å². The standard InChI is InChI=1S/C9H8N/c1-2-4-9-7-10-6-5-8(9)3-1/h1,3,6-7H,2,4H2. The maximum atomic E-state index is 4.01. The van der Waals surface area contributed by atoms with Crippen molar-refractivity contribution >= 4 is 6.08 Å². The number of aromatic nitrogens is 1. The number of aryl methyl sites for hydroxylation is 1. The van der Waals surface area contributed by atoms with Crippen LogP contribution in [0.15, 0.2) is 18.5 Å². The van der Waals surface area contributed by atoms with E-state index in [0.29, 0.717) is 0 Å². The van der Waals surface area contributed by atoms with Gasteiger partial charge in [0.1, 0.15) is 0 Å². The minimum atomic E-state index is 1.12. The first-order valence-corrected chi connectivity index (χ1v) is 3.48. The maximum Gasteiger partial charge on any atom is 0.0353 e. The molecule has 1 aliphatic carbocycles. The molecule has 1 aromatic heterocycles. The van der Waals surface area contributed by atoms with Gasteiger partial charge in [-0.1, -0.05) is 12.2 Å². The molecule has 1 nitrogen and oxygen atoms in total. The second-order valence-electron chi connectivity index (χ2n) is 2.43. The van der Waals surface area contributed by atoms with E-state index in [0.717, 1.165) is 12.8 Å². The summed E-state index contributed by atoms with van der Waals surface area (Å²) in [7, 11) is 0. The van der Waals surface area contributed by atoms with Crippen LogP contribution in [0, 0.1) is 6.07 Å². The van der Waals surface area contributed by atoms with Crippen molar-refractivity contribution in [3.05, 3.63) is 35.7 Å². The van der Waals surface area contributed by atoms with E-state index in [-0.39, 0.29) is 0 Å². The Bertz CT molecular complexity index is 263. The quantitative estimate of drug-likeness (QED) is 0.522. The molecule has 49 valence electrons. The molecule has 2 rings (SSSR count). The Morgan fingerprint density at radius 1 is 1.50 bits per heavy atom. The molecule has 1 radical (unpaired) electrons. The monoisotopic (exact) mass is 130 g/mol.